The molecule has 0 aliphatic heterocycles. The third-order valence-electron chi connectivity index (χ3n) is 6.25. The molecule has 0 radical (unpaired) electrons. The van der Waals surface area contributed by atoms with E-state index in [0.29, 0.717) is 31.0 Å². The van der Waals surface area contributed by atoms with E-state index in [1.807, 2.05) is 51.1 Å². The average molecular weight is 631 g/mol. The van der Waals surface area contributed by atoms with Crippen LogP contribution in [0, 0.1) is 0 Å². The van der Waals surface area contributed by atoms with Crippen LogP contribution in [0.2, 0.25) is 0 Å². The summed E-state index contributed by atoms with van der Waals surface area (Å²) >= 11 is 3.34. The molecule has 3 aromatic carbocycles. The zero-order valence-electron chi connectivity index (χ0n) is 23.0. The number of carbonyl (C=O) groups is 2. The van der Waals surface area contributed by atoms with Crippen LogP contribution in [0.1, 0.15) is 39.2 Å². The Morgan fingerprint density at radius 3 is 2.15 bits per heavy atom. The number of carbonyl (C=O) groups excluding carboxylic acids is 2. The Hall–Kier alpha value is -3.37. The molecule has 0 saturated heterocycles. The van der Waals surface area contributed by atoms with Gasteiger partial charge < -0.3 is 15.0 Å². The number of sulfonamides is 1. The molecule has 2 amide bonds. The van der Waals surface area contributed by atoms with Gasteiger partial charge in [0.25, 0.3) is 10.0 Å². The molecule has 0 aliphatic rings. The van der Waals surface area contributed by atoms with Crippen LogP contribution in [0.25, 0.3) is 0 Å². The Bertz CT molecular complexity index is 1350. The van der Waals surface area contributed by atoms with E-state index in [1.54, 1.807) is 36.4 Å². The lowest BCUT2D eigenvalue weighted by Crippen LogP contribution is -2.52. The van der Waals surface area contributed by atoms with Gasteiger partial charge in [0.05, 0.1) is 17.2 Å². The number of rotatable bonds is 14. The summed E-state index contributed by atoms with van der Waals surface area (Å²) in [5.41, 5.74) is 1.14. The van der Waals surface area contributed by atoms with Gasteiger partial charge in [-0.2, -0.15) is 0 Å². The Kier molecular flexibility index (Phi) is 11.6. The Balaban J connectivity index is 2.04. The largest absolute Gasteiger partial charge is 0.494 e. The van der Waals surface area contributed by atoms with Gasteiger partial charge in [-0.25, -0.2) is 8.42 Å². The maximum absolute atomic E-state index is 14.0. The summed E-state index contributed by atoms with van der Waals surface area (Å²) in [6.07, 6.45) is 1.13. The van der Waals surface area contributed by atoms with Crippen LogP contribution >= 0.6 is 15.9 Å². The number of nitrogens with one attached hydrogen (secondary N) is 1. The molecule has 3 aromatic rings. The zero-order chi connectivity index (χ0) is 29.1. The molecule has 0 aromatic heterocycles. The molecule has 0 spiro atoms. The van der Waals surface area contributed by atoms with Gasteiger partial charge in [-0.3, -0.25) is 13.9 Å². The van der Waals surface area contributed by atoms with Gasteiger partial charge in [0.15, 0.2) is 0 Å². The van der Waals surface area contributed by atoms with Crippen LogP contribution < -0.4 is 14.4 Å². The van der Waals surface area contributed by atoms with Crippen LogP contribution in [-0.4, -0.2) is 50.9 Å². The highest BCUT2D eigenvalue weighted by atomic mass is 79.9. The van der Waals surface area contributed by atoms with Crippen molar-refractivity contribution in [1.29, 1.82) is 0 Å². The number of amides is 2. The molecule has 1 N–H and O–H groups in total. The lowest BCUT2D eigenvalue weighted by Gasteiger charge is -2.33. The van der Waals surface area contributed by atoms with Crippen molar-refractivity contribution in [2.45, 2.75) is 51.1 Å². The quantitative estimate of drug-likeness (QED) is 0.258. The fraction of sp³-hybridized carbons (Fsp3) is 0.333. The van der Waals surface area contributed by atoms with Gasteiger partial charge in [-0.15, -0.1) is 0 Å². The van der Waals surface area contributed by atoms with Crippen LogP contribution in [0.5, 0.6) is 5.75 Å². The third kappa shape index (κ3) is 8.08. The minimum Gasteiger partial charge on any atom is -0.494 e. The summed E-state index contributed by atoms with van der Waals surface area (Å²) in [5, 5.41) is 2.89. The van der Waals surface area contributed by atoms with E-state index in [2.05, 4.69) is 21.2 Å². The average Bonchev–Trinajstić information content (AvgIpc) is 2.96. The molecule has 0 bridgehead atoms. The maximum Gasteiger partial charge on any atom is 0.264 e. The van der Waals surface area contributed by atoms with Crippen LogP contribution in [0.15, 0.2) is 88.2 Å². The number of halogens is 1. The van der Waals surface area contributed by atoms with Gasteiger partial charge in [0, 0.05) is 17.6 Å². The van der Waals surface area contributed by atoms with Crippen LogP contribution in [-0.2, 0) is 26.2 Å². The highest BCUT2D eigenvalue weighted by Crippen LogP contribution is 2.27. The first kappa shape index (κ1) is 31.2. The van der Waals surface area contributed by atoms with Crippen molar-refractivity contribution in [2.75, 3.05) is 24.0 Å². The standard InChI is InChI=1S/C30H36BrN3O5S/c1-4-20-32-30(36)28(5-2)33(21-23-10-8-7-9-11-23)29(35)22-34(25-14-16-26(17-15-25)39-6-3)40(37,38)27-18-12-24(31)13-19-27/h7-19,28H,4-6,20-22H2,1-3H3,(H,32,36)/t28-/m0/s1. The molecular formula is C30H36BrN3O5S. The third-order valence-corrected chi connectivity index (χ3v) is 8.56. The van der Waals surface area contributed by atoms with Crippen molar-refractivity contribution < 1.29 is 22.7 Å². The van der Waals surface area contributed by atoms with Crippen LogP contribution in [0.4, 0.5) is 5.69 Å². The highest BCUT2D eigenvalue weighted by Gasteiger charge is 2.33. The number of anilines is 1. The number of benzene rings is 3. The second kappa shape index (κ2) is 14.9. The molecule has 8 nitrogen and oxygen atoms in total. The first-order chi connectivity index (χ1) is 19.2. The predicted octanol–water partition coefficient (Wildman–Crippen LogP) is 5.38. The van der Waals surface area contributed by atoms with E-state index in [1.165, 1.54) is 17.0 Å². The Morgan fingerprint density at radius 2 is 1.57 bits per heavy atom. The van der Waals surface area contributed by atoms with E-state index in [-0.39, 0.29) is 17.3 Å². The summed E-state index contributed by atoms with van der Waals surface area (Å²) in [6, 6.07) is 21.4. The molecule has 40 heavy (non-hydrogen) atoms. The summed E-state index contributed by atoms with van der Waals surface area (Å²) < 4.78 is 35.2. The summed E-state index contributed by atoms with van der Waals surface area (Å²) in [5.74, 6) is -0.170. The maximum atomic E-state index is 14.0. The first-order valence-electron chi connectivity index (χ1n) is 13.3. The minimum absolute atomic E-state index is 0.0414. The zero-order valence-corrected chi connectivity index (χ0v) is 25.4. The topological polar surface area (TPSA) is 96.0 Å². The van der Waals surface area contributed by atoms with Crippen molar-refractivity contribution in [3.8, 4) is 5.75 Å². The van der Waals surface area contributed by atoms with E-state index in [9.17, 15) is 18.0 Å². The lowest BCUT2D eigenvalue weighted by atomic mass is 10.1. The van der Waals surface area contributed by atoms with Crippen molar-refractivity contribution >= 4 is 43.5 Å². The van der Waals surface area contributed by atoms with Crippen LogP contribution in [0.3, 0.4) is 0 Å². The van der Waals surface area contributed by atoms with Crippen molar-refractivity contribution in [2.24, 2.45) is 0 Å². The molecule has 3 rings (SSSR count). The highest BCUT2D eigenvalue weighted by molar-refractivity contribution is 9.10. The molecule has 214 valence electrons. The van der Waals surface area contributed by atoms with Crippen molar-refractivity contribution in [1.82, 2.24) is 10.2 Å². The predicted molar refractivity (Wildman–Crippen MR) is 161 cm³/mol. The number of hydrogen-bond donors (Lipinski definition) is 1. The van der Waals surface area contributed by atoms with E-state index >= 15 is 0 Å². The number of ether oxygens (including phenoxy) is 1. The fourth-order valence-electron chi connectivity index (χ4n) is 4.20. The molecular weight excluding hydrogens is 594 g/mol. The van der Waals surface area contributed by atoms with E-state index in [0.717, 1.165) is 20.8 Å². The lowest BCUT2D eigenvalue weighted by molar-refractivity contribution is -0.140. The molecule has 0 unspecified atom stereocenters. The molecule has 0 fully saturated rings. The second-order valence-electron chi connectivity index (χ2n) is 9.11. The molecule has 1 atom stereocenters. The molecule has 0 aliphatic carbocycles. The van der Waals surface area contributed by atoms with Crippen molar-refractivity contribution in [3.05, 3.63) is 88.9 Å². The van der Waals surface area contributed by atoms with Gasteiger partial charge in [0.1, 0.15) is 18.3 Å². The van der Waals surface area contributed by atoms with Gasteiger partial charge in [0.2, 0.25) is 11.8 Å². The van der Waals surface area contributed by atoms with Crippen molar-refractivity contribution in [3.63, 3.8) is 0 Å². The Morgan fingerprint density at radius 1 is 0.925 bits per heavy atom. The SMILES string of the molecule is CCCNC(=O)[C@H](CC)N(Cc1ccccc1)C(=O)CN(c1ccc(OCC)cc1)S(=O)(=O)c1ccc(Br)cc1. The van der Waals surface area contributed by atoms with Gasteiger partial charge >= 0.3 is 0 Å². The molecule has 0 heterocycles. The fourth-order valence-corrected chi connectivity index (χ4v) is 5.88. The summed E-state index contributed by atoms with van der Waals surface area (Å²) in [4.78, 5) is 28.7. The van der Waals surface area contributed by atoms with E-state index in [4.69, 9.17) is 4.74 Å². The first-order valence-corrected chi connectivity index (χ1v) is 15.6. The monoisotopic (exact) mass is 629 g/mol. The smallest absolute Gasteiger partial charge is 0.264 e. The second-order valence-corrected chi connectivity index (χ2v) is 11.9. The summed E-state index contributed by atoms with van der Waals surface area (Å²) in [7, 11) is -4.14. The normalized spacial score (nSPS) is 11.9. The van der Waals surface area contributed by atoms with Gasteiger partial charge in [-0.1, -0.05) is 60.1 Å². The summed E-state index contributed by atoms with van der Waals surface area (Å²) in [6.45, 7) is 6.27. The molecule has 10 heteroatoms. The number of nitrogens with zero attached hydrogens (tertiary/aromatic N) is 2. The Labute approximate surface area is 245 Å². The minimum atomic E-state index is -4.14. The number of hydrogen-bond acceptors (Lipinski definition) is 5. The van der Waals surface area contributed by atoms with E-state index < -0.39 is 28.5 Å². The van der Waals surface area contributed by atoms with Gasteiger partial charge in [-0.05, 0) is 73.9 Å². The molecule has 0 saturated carbocycles.